The van der Waals surface area contributed by atoms with Crippen LogP contribution in [0.15, 0.2) is 23.1 Å². The molecule has 21 heavy (non-hydrogen) atoms. The van der Waals surface area contributed by atoms with Crippen LogP contribution in [0, 0.1) is 0 Å². The van der Waals surface area contributed by atoms with Crippen LogP contribution in [0.3, 0.4) is 0 Å². The van der Waals surface area contributed by atoms with Gasteiger partial charge in [-0.05, 0) is 26.3 Å². The molecule has 0 atom stereocenters. The van der Waals surface area contributed by atoms with Crippen LogP contribution in [0.1, 0.15) is 37.6 Å². The minimum Gasteiger partial charge on any atom is -0.347 e. The molecule has 0 aliphatic heterocycles. The molecule has 0 saturated heterocycles. The molecule has 1 heterocycles. The Morgan fingerprint density at radius 2 is 1.90 bits per heavy atom. The summed E-state index contributed by atoms with van der Waals surface area (Å²) in [6.07, 6.45) is 2.21. The molecule has 1 N–H and O–H groups in total. The van der Waals surface area contributed by atoms with Crippen molar-refractivity contribution in [1.29, 1.82) is 0 Å². The van der Waals surface area contributed by atoms with Crippen molar-refractivity contribution >= 4 is 11.8 Å². The van der Waals surface area contributed by atoms with Crippen LogP contribution in [0.25, 0.3) is 0 Å². The van der Waals surface area contributed by atoms with E-state index in [1.807, 2.05) is 20.8 Å². The van der Waals surface area contributed by atoms with Gasteiger partial charge in [-0.3, -0.25) is 14.4 Å². The van der Waals surface area contributed by atoms with Gasteiger partial charge in [0.05, 0.1) is 5.56 Å². The van der Waals surface area contributed by atoms with Crippen LogP contribution in [0.2, 0.25) is 0 Å². The minimum atomic E-state index is -0.322. The lowest BCUT2D eigenvalue weighted by atomic mass is 10.0. The molecular formula is C15H23N3O3. The summed E-state index contributed by atoms with van der Waals surface area (Å²) in [6, 6.07) is 2.77. The van der Waals surface area contributed by atoms with E-state index in [9.17, 15) is 14.4 Å². The number of amides is 2. The summed E-state index contributed by atoms with van der Waals surface area (Å²) in [7, 11) is 3.24. The molecule has 0 aliphatic rings. The van der Waals surface area contributed by atoms with Crippen molar-refractivity contribution < 1.29 is 9.59 Å². The fourth-order valence-corrected chi connectivity index (χ4v) is 1.54. The van der Waals surface area contributed by atoms with Gasteiger partial charge in [0.25, 0.3) is 11.5 Å². The molecular weight excluding hydrogens is 270 g/mol. The van der Waals surface area contributed by atoms with Gasteiger partial charge in [-0.2, -0.15) is 0 Å². The fraction of sp³-hybridized carbons (Fsp3) is 0.533. The van der Waals surface area contributed by atoms with Gasteiger partial charge >= 0.3 is 0 Å². The van der Waals surface area contributed by atoms with Crippen molar-refractivity contribution in [2.24, 2.45) is 0 Å². The largest absolute Gasteiger partial charge is 0.347 e. The Bertz CT molecular complexity index is 588. The van der Waals surface area contributed by atoms with Gasteiger partial charge in [0.2, 0.25) is 5.91 Å². The van der Waals surface area contributed by atoms with Crippen LogP contribution >= 0.6 is 0 Å². The molecule has 0 unspecified atom stereocenters. The molecule has 0 fully saturated rings. The number of hydrogen-bond donors (Lipinski definition) is 1. The van der Waals surface area contributed by atoms with Gasteiger partial charge in [-0.25, -0.2) is 0 Å². The van der Waals surface area contributed by atoms with Crippen molar-refractivity contribution in [3.05, 3.63) is 34.2 Å². The first kappa shape index (κ1) is 16.9. The van der Waals surface area contributed by atoms with Crippen LogP contribution in [-0.4, -0.2) is 40.9 Å². The Labute approximate surface area is 124 Å². The third-order valence-corrected chi connectivity index (χ3v) is 3.39. The number of nitrogens with zero attached hydrogens (tertiary/aromatic N) is 2. The number of aromatic nitrogens is 1. The first-order valence-corrected chi connectivity index (χ1v) is 6.89. The average molecular weight is 293 g/mol. The molecule has 0 bridgehead atoms. The Balaban J connectivity index is 2.99. The van der Waals surface area contributed by atoms with Gasteiger partial charge in [-0.15, -0.1) is 0 Å². The molecule has 1 rings (SSSR count). The zero-order valence-electron chi connectivity index (χ0n) is 13.3. The third kappa shape index (κ3) is 4.73. The first-order valence-electron chi connectivity index (χ1n) is 6.89. The summed E-state index contributed by atoms with van der Waals surface area (Å²) in [5.74, 6) is -0.462. The van der Waals surface area contributed by atoms with E-state index in [1.165, 1.54) is 27.8 Å². The number of pyridine rings is 1. The third-order valence-electron chi connectivity index (χ3n) is 3.39. The van der Waals surface area contributed by atoms with Crippen molar-refractivity contribution in [3.8, 4) is 0 Å². The van der Waals surface area contributed by atoms with Crippen molar-refractivity contribution in [2.75, 3.05) is 14.1 Å². The molecule has 1 aromatic heterocycles. The topological polar surface area (TPSA) is 71.4 Å². The Morgan fingerprint density at radius 3 is 2.43 bits per heavy atom. The molecule has 0 aliphatic carbocycles. The lowest BCUT2D eigenvalue weighted by Gasteiger charge is -2.24. The van der Waals surface area contributed by atoms with Crippen LogP contribution < -0.4 is 10.9 Å². The molecule has 1 aromatic rings. The molecule has 0 saturated carbocycles. The summed E-state index contributed by atoms with van der Waals surface area (Å²) < 4.78 is 1.25. The van der Waals surface area contributed by atoms with Crippen molar-refractivity contribution in [2.45, 2.75) is 39.3 Å². The van der Waals surface area contributed by atoms with E-state index < -0.39 is 0 Å². The number of nitrogens with one attached hydrogen (secondary N) is 1. The maximum Gasteiger partial charge on any atom is 0.253 e. The van der Waals surface area contributed by atoms with Gasteiger partial charge in [0.1, 0.15) is 6.54 Å². The second-order valence-corrected chi connectivity index (χ2v) is 5.86. The summed E-state index contributed by atoms with van der Waals surface area (Å²) in [6.45, 7) is 5.76. The predicted octanol–water partition coefficient (Wildman–Crippen LogP) is 0.855. The zero-order valence-corrected chi connectivity index (χ0v) is 13.3. The number of likely N-dealkylation sites (N-methyl/N-ethyl adjacent to an activating group) is 1. The van der Waals surface area contributed by atoms with Crippen LogP contribution in [0.5, 0.6) is 0 Å². The fourth-order valence-electron chi connectivity index (χ4n) is 1.54. The smallest absolute Gasteiger partial charge is 0.253 e. The zero-order chi connectivity index (χ0) is 16.2. The van der Waals surface area contributed by atoms with Crippen molar-refractivity contribution in [3.63, 3.8) is 0 Å². The number of rotatable bonds is 5. The first-order chi connectivity index (χ1) is 9.66. The monoisotopic (exact) mass is 293 g/mol. The van der Waals surface area contributed by atoms with E-state index in [1.54, 1.807) is 14.1 Å². The van der Waals surface area contributed by atoms with E-state index in [0.717, 1.165) is 6.42 Å². The molecule has 0 aromatic carbocycles. The highest BCUT2D eigenvalue weighted by molar-refractivity contribution is 5.94. The lowest BCUT2D eigenvalue weighted by molar-refractivity contribution is -0.129. The molecule has 116 valence electrons. The van der Waals surface area contributed by atoms with E-state index in [-0.39, 0.29) is 29.5 Å². The normalized spacial score (nSPS) is 11.1. The lowest BCUT2D eigenvalue weighted by Crippen LogP contribution is -2.43. The highest BCUT2D eigenvalue weighted by atomic mass is 16.2. The summed E-state index contributed by atoms with van der Waals surface area (Å²) >= 11 is 0. The summed E-state index contributed by atoms with van der Waals surface area (Å²) in [5.41, 5.74) is -0.267. The Morgan fingerprint density at radius 1 is 1.29 bits per heavy atom. The molecule has 2 amide bonds. The maximum absolute atomic E-state index is 12.2. The molecule has 6 heteroatoms. The van der Waals surface area contributed by atoms with Gasteiger partial charge < -0.3 is 14.8 Å². The standard InChI is InChI=1S/C15H23N3O3/c1-6-15(2,3)16-14(21)11-7-8-12(19)18(9-11)10-13(20)17(4)5/h7-9H,6,10H2,1-5H3,(H,16,21). The van der Waals surface area contributed by atoms with Gasteiger partial charge in [0, 0.05) is 31.9 Å². The van der Waals surface area contributed by atoms with Crippen LogP contribution in [0.4, 0.5) is 0 Å². The second kappa shape index (κ2) is 6.56. The Hall–Kier alpha value is -2.11. The SMILES string of the molecule is CCC(C)(C)NC(=O)c1ccc(=O)n(CC(=O)N(C)C)c1. The maximum atomic E-state index is 12.2. The number of carbonyl (C=O) groups is 2. The van der Waals surface area contributed by atoms with E-state index in [4.69, 9.17) is 0 Å². The van der Waals surface area contributed by atoms with Gasteiger partial charge in [-0.1, -0.05) is 6.92 Å². The molecule has 0 spiro atoms. The van der Waals surface area contributed by atoms with E-state index in [0.29, 0.717) is 5.56 Å². The highest BCUT2D eigenvalue weighted by Crippen LogP contribution is 2.08. The molecule has 0 radical (unpaired) electrons. The van der Waals surface area contributed by atoms with E-state index >= 15 is 0 Å². The second-order valence-electron chi connectivity index (χ2n) is 5.86. The van der Waals surface area contributed by atoms with Crippen molar-refractivity contribution in [1.82, 2.24) is 14.8 Å². The van der Waals surface area contributed by atoms with E-state index in [2.05, 4.69) is 5.32 Å². The summed E-state index contributed by atoms with van der Waals surface area (Å²) in [5, 5.41) is 2.90. The quantitative estimate of drug-likeness (QED) is 0.875. The van der Waals surface area contributed by atoms with Gasteiger partial charge in [0.15, 0.2) is 0 Å². The van der Waals surface area contributed by atoms with Crippen LogP contribution in [-0.2, 0) is 11.3 Å². The number of carbonyl (C=O) groups excluding carboxylic acids is 2. The number of hydrogen-bond acceptors (Lipinski definition) is 3. The summed E-state index contributed by atoms with van der Waals surface area (Å²) in [4.78, 5) is 37.0. The molecule has 6 nitrogen and oxygen atoms in total. The average Bonchev–Trinajstić information content (AvgIpc) is 2.40. The minimum absolute atomic E-state index is 0.0792. The predicted molar refractivity (Wildman–Crippen MR) is 81.2 cm³/mol. The highest BCUT2D eigenvalue weighted by Gasteiger charge is 2.19. The Kier molecular flexibility index (Phi) is 5.29.